The Morgan fingerprint density at radius 3 is 3.00 bits per heavy atom. The maximum atomic E-state index is 8.72. The smallest absolute Gasteiger partial charge is 0.140 e. The molecule has 4 nitrogen and oxygen atoms in total. The molecular weight excluding hydrogens is 190 g/mol. The standard InChI is InChI=1S/C11H13N3O/c12-8-11-7-10(1-2-13-11)9-14-3-5-15-6-4-14/h1-2,7H,3-6,9H2. The van der Waals surface area contributed by atoms with Gasteiger partial charge in [-0.05, 0) is 17.7 Å². The highest BCUT2D eigenvalue weighted by molar-refractivity contribution is 5.25. The Morgan fingerprint density at radius 2 is 2.27 bits per heavy atom. The second kappa shape index (κ2) is 4.87. The summed E-state index contributed by atoms with van der Waals surface area (Å²) in [7, 11) is 0. The van der Waals surface area contributed by atoms with E-state index in [4.69, 9.17) is 10.00 Å². The first-order chi connectivity index (χ1) is 7.38. The maximum absolute atomic E-state index is 8.72. The predicted octanol–water partition coefficient (Wildman–Crippen LogP) is 0.785. The Labute approximate surface area is 89.1 Å². The number of ether oxygens (including phenoxy) is 1. The highest BCUT2D eigenvalue weighted by Gasteiger charge is 2.10. The van der Waals surface area contributed by atoms with E-state index in [9.17, 15) is 0 Å². The van der Waals surface area contributed by atoms with E-state index in [0.29, 0.717) is 5.69 Å². The van der Waals surface area contributed by atoms with Crippen molar-refractivity contribution in [3.05, 3.63) is 29.6 Å². The van der Waals surface area contributed by atoms with Crippen molar-refractivity contribution in [2.24, 2.45) is 0 Å². The number of rotatable bonds is 2. The summed E-state index contributed by atoms with van der Waals surface area (Å²) in [6.07, 6.45) is 1.69. The monoisotopic (exact) mass is 203 g/mol. The molecule has 4 heteroatoms. The number of nitrogens with zero attached hydrogens (tertiary/aromatic N) is 3. The summed E-state index contributed by atoms with van der Waals surface area (Å²) in [5.41, 5.74) is 1.63. The predicted molar refractivity (Wildman–Crippen MR) is 55.0 cm³/mol. The van der Waals surface area contributed by atoms with Crippen LogP contribution in [0.1, 0.15) is 11.3 Å². The van der Waals surface area contributed by atoms with Crippen molar-refractivity contribution in [2.45, 2.75) is 6.54 Å². The lowest BCUT2D eigenvalue weighted by Gasteiger charge is -2.26. The van der Waals surface area contributed by atoms with E-state index >= 15 is 0 Å². The summed E-state index contributed by atoms with van der Waals surface area (Å²) in [5.74, 6) is 0. The molecule has 0 amide bonds. The molecule has 0 spiro atoms. The first-order valence-electron chi connectivity index (χ1n) is 5.03. The third kappa shape index (κ3) is 2.75. The van der Waals surface area contributed by atoms with Crippen molar-refractivity contribution in [1.29, 1.82) is 5.26 Å². The molecule has 15 heavy (non-hydrogen) atoms. The van der Waals surface area contributed by atoms with Crippen LogP contribution in [0, 0.1) is 11.3 Å². The molecule has 1 aliphatic heterocycles. The average Bonchev–Trinajstić information content (AvgIpc) is 2.31. The highest BCUT2D eigenvalue weighted by Crippen LogP contribution is 2.07. The normalized spacial score (nSPS) is 17.3. The average molecular weight is 203 g/mol. The fraction of sp³-hybridized carbons (Fsp3) is 0.455. The van der Waals surface area contributed by atoms with Gasteiger partial charge in [0.25, 0.3) is 0 Å². The summed E-state index contributed by atoms with van der Waals surface area (Å²) < 4.78 is 5.28. The van der Waals surface area contributed by atoms with Crippen LogP contribution < -0.4 is 0 Å². The largest absolute Gasteiger partial charge is 0.379 e. The molecule has 0 N–H and O–H groups in total. The Morgan fingerprint density at radius 1 is 1.47 bits per heavy atom. The number of hydrogen-bond donors (Lipinski definition) is 0. The van der Waals surface area contributed by atoms with Crippen LogP contribution in [0.4, 0.5) is 0 Å². The Bertz CT molecular complexity index is 366. The van der Waals surface area contributed by atoms with Gasteiger partial charge in [0.05, 0.1) is 13.2 Å². The Kier molecular flexibility index (Phi) is 3.28. The molecule has 2 heterocycles. The second-order valence-electron chi connectivity index (χ2n) is 3.55. The molecule has 0 radical (unpaired) electrons. The fourth-order valence-corrected chi connectivity index (χ4v) is 1.65. The molecule has 0 aliphatic carbocycles. The van der Waals surface area contributed by atoms with Gasteiger partial charge in [0.15, 0.2) is 0 Å². The lowest BCUT2D eigenvalue weighted by Crippen LogP contribution is -2.35. The van der Waals surface area contributed by atoms with Gasteiger partial charge in [0.2, 0.25) is 0 Å². The highest BCUT2D eigenvalue weighted by atomic mass is 16.5. The summed E-state index contributed by atoms with van der Waals surface area (Å²) in [6.45, 7) is 4.40. The van der Waals surface area contributed by atoms with Gasteiger partial charge in [-0.3, -0.25) is 4.90 Å². The van der Waals surface area contributed by atoms with E-state index in [1.54, 1.807) is 6.20 Å². The van der Waals surface area contributed by atoms with Crippen LogP contribution in [0.3, 0.4) is 0 Å². The van der Waals surface area contributed by atoms with Crippen LogP contribution in [-0.2, 0) is 11.3 Å². The van der Waals surface area contributed by atoms with Gasteiger partial charge >= 0.3 is 0 Å². The number of morpholine rings is 1. The van der Waals surface area contributed by atoms with Crippen LogP contribution in [0.15, 0.2) is 18.3 Å². The van der Waals surface area contributed by atoms with Crippen LogP contribution in [0.25, 0.3) is 0 Å². The van der Waals surface area contributed by atoms with E-state index in [1.165, 1.54) is 0 Å². The van der Waals surface area contributed by atoms with Gasteiger partial charge < -0.3 is 4.74 Å². The van der Waals surface area contributed by atoms with Crippen molar-refractivity contribution in [2.75, 3.05) is 26.3 Å². The van der Waals surface area contributed by atoms with Crippen LogP contribution in [0.5, 0.6) is 0 Å². The minimum Gasteiger partial charge on any atom is -0.379 e. The van der Waals surface area contributed by atoms with E-state index < -0.39 is 0 Å². The minimum absolute atomic E-state index is 0.487. The molecule has 1 saturated heterocycles. The molecule has 1 aromatic heterocycles. The second-order valence-corrected chi connectivity index (χ2v) is 3.55. The van der Waals surface area contributed by atoms with E-state index in [1.807, 2.05) is 12.1 Å². The number of nitriles is 1. The zero-order valence-electron chi connectivity index (χ0n) is 8.52. The Balaban J connectivity index is 2.00. The van der Waals surface area contributed by atoms with Gasteiger partial charge in [0.1, 0.15) is 11.8 Å². The van der Waals surface area contributed by atoms with Gasteiger partial charge in [-0.1, -0.05) is 0 Å². The number of pyridine rings is 1. The minimum atomic E-state index is 0.487. The topological polar surface area (TPSA) is 49.2 Å². The van der Waals surface area contributed by atoms with E-state index in [2.05, 4.69) is 16.0 Å². The SMILES string of the molecule is N#Cc1cc(CN2CCOCC2)ccn1. The molecule has 1 aliphatic rings. The summed E-state index contributed by atoms with van der Waals surface area (Å²) in [4.78, 5) is 6.27. The molecule has 0 bridgehead atoms. The third-order valence-corrected chi connectivity index (χ3v) is 2.45. The molecule has 0 atom stereocenters. The van der Waals surface area contributed by atoms with Gasteiger partial charge in [0, 0.05) is 25.8 Å². The maximum Gasteiger partial charge on any atom is 0.140 e. The fourth-order valence-electron chi connectivity index (χ4n) is 1.65. The van der Waals surface area contributed by atoms with Crippen molar-refractivity contribution in [3.8, 4) is 6.07 Å². The summed E-state index contributed by atoms with van der Waals surface area (Å²) in [5, 5.41) is 8.72. The van der Waals surface area contributed by atoms with Gasteiger partial charge in [-0.15, -0.1) is 0 Å². The molecule has 1 aromatic rings. The molecule has 2 rings (SSSR count). The zero-order valence-corrected chi connectivity index (χ0v) is 8.52. The Hall–Kier alpha value is -1.44. The summed E-state index contributed by atoms with van der Waals surface area (Å²) in [6, 6.07) is 5.85. The zero-order chi connectivity index (χ0) is 10.5. The quantitative estimate of drug-likeness (QED) is 0.713. The third-order valence-electron chi connectivity index (χ3n) is 2.45. The van der Waals surface area contributed by atoms with Crippen molar-refractivity contribution in [3.63, 3.8) is 0 Å². The molecular formula is C11H13N3O. The number of hydrogen-bond acceptors (Lipinski definition) is 4. The van der Waals surface area contributed by atoms with E-state index in [0.717, 1.165) is 38.4 Å². The number of aromatic nitrogens is 1. The van der Waals surface area contributed by atoms with Crippen LogP contribution in [-0.4, -0.2) is 36.2 Å². The summed E-state index contributed by atoms with van der Waals surface area (Å²) >= 11 is 0. The molecule has 0 aromatic carbocycles. The van der Waals surface area contributed by atoms with Crippen LogP contribution in [0.2, 0.25) is 0 Å². The van der Waals surface area contributed by atoms with Crippen molar-refractivity contribution < 1.29 is 4.74 Å². The lowest BCUT2D eigenvalue weighted by atomic mass is 10.2. The van der Waals surface area contributed by atoms with Gasteiger partial charge in [-0.2, -0.15) is 5.26 Å². The van der Waals surface area contributed by atoms with E-state index in [-0.39, 0.29) is 0 Å². The van der Waals surface area contributed by atoms with Crippen molar-refractivity contribution in [1.82, 2.24) is 9.88 Å². The molecule has 78 valence electrons. The first kappa shape index (κ1) is 10.1. The molecule has 0 unspecified atom stereocenters. The van der Waals surface area contributed by atoms with Gasteiger partial charge in [-0.25, -0.2) is 4.98 Å². The van der Waals surface area contributed by atoms with Crippen molar-refractivity contribution >= 4 is 0 Å². The molecule has 1 fully saturated rings. The lowest BCUT2D eigenvalue weighted by molar-refractivity contribution is 0.0342. The molecule has 0 saturated carbocycles. The first-order valence-corrected chi connectivity index (χ1v) is 5.03. The van der Waals surface area contributed by atoms with Crippen LogP contribution >= 0.6 is 0 Å².